The molecule has 1 aromatic rings. The van der Waals surface area contributed by atoms with Crippen molar-refractivity contribution >= 4 is 5.97 Å². The Morgan fingerprint density at radius 1 is 1.17 bits per heavy atom. The first kappa shape index (κ1) is 16.0. The maximum Gasteiger partial charge on any atom is 0.338 e. The summed E-state index contributed by atoms with van der Waals surface area (Å²) in [5.74, 6) is -1.05. The van der Waals surface area contributed by atoms with Gasteiger partial charge in [-0.05, 0) is 38.8 Å². The van der Waals surface area contributed by atoms with Crippen LogP contribution >= 0.6 is 0 Å². The third-order valence-electron chi connectivity index (χ3n) is 5.05. The minimum atomic E-state index is -0.702. The molecule has 6 heteroatoms. The molecule has 3 fully saturated rings. The minimum Gasteiger partial charge on any atom is -0.456 e. The fourth-order valence-electron chi connectivity index (χ4n) is 3.84. The summed E-state index contributed by atoms with van der Waals surface area (Å²) in [6, 6.07) is 8.96. The van der Waals surface area contributed by atoms with Crippen LogP contribution in [0.15, 0.2) is 30.3 Å². The zero-order chi connectivity index (χ0) is 16.9. The normalized spacial score (nSPS) is 39.5. The molecule has 0 amide bonds. The molecule has 1 aliphatic carbocycles. The van der Waals surface area contributed by atoms with Gasteiger partial charge in [-0.2, -0.15) is 0 Å². The monoisotopic (exact) mass is 334 g/mol. The quantitative estimate of drug-likeness (QED) is 0.790. The molecule has 2 unspecified atom stereocenters. The number of carbonyl (C=O) groups is 1. The smallest absolute Gasteiger partial charge is 0.338 e. The topological polar surface area (TPSA) is 63.2 Å². The van der Waals surface area contributed by atoms with E-state index in [4.69, 9.17) is 23.7 Å². The van der Waals surface area contributed by atoms with E-state index >= 15 is 0 Å². The van der Waals surface area contributed by atoms with Gasteiger partial charge in [-0.25, -0.2) is 4.79 Å². The summed E-state index contributed by atoms with van der Waals surface area (Å²) in [6.07, 6.45) is -0.0178. The maximum atomic E-state index is 12.4. The van der Waals surface area contributed by atoms with Gasteiger partial charge in [-0.3, -0.25) is 0 Å². The SMILES string of the molecule is COC1O[C@@]2(CC[C@H]2OC(=O)c2ccccc2)C2OC(C)(C)O[C@H]12. The van der Waals surface area contributed by atoms with Gasteiger partial charge in [0.2, 0.25) is 0 Å². The molecule has 0 radical (unpaired) electrons. The molecule has 2 saturated heterocycles. The van der Waals surface area contributed by atoms with Crippen LogP contribution in [0.25, 0.3) is 0 Å². The predicted molar refractivity (Wildman–Crippen MR) is 83.3 cm³/mol. The van der Waals surface area contributed by atoms with Gasteiger partial charge in [0, 0.05) is 7.11 Å². The van der Waals surface area contributed by atoms with Crippen LogP contribution in [0.3, 0.4) is 0 Å². The summed E-state index contributed by atoms with van der Waals surface area (Å²) in [5, 5.41) is 0. The van der Waals surface area contributed by atoms with Crippen LogP contribution in [0.2, 0.25) is 0 Å². The number of fused-ring (bicyclic) bond motifs is 2. The Morgan fingerprint density at radius 3 is 2.54 bits per heavy atom. The van der Waals surface area contributed by atoms with Crippen molar-refractivity contribution in [3.8, 4) is 0 Å². The van der Waals surface area contributed by atoms with Crippen LogP contribution < -0.4 is 0 Å². The Morgan fingerprint density at radius 2 is 1.92 bits per heavy atom. The van der Waals surface area contributed by atoms with E-state index in [1.165, 1.54) is 0 Å². The van der Waals surface area contributed by atoms with Crippen LogP contribution in [0.1, 0.15) is 37.0 Å². The van der Waals surface area contributed by atoms with E-state index in [2.05, 4.69) is 0 Å². The van der Waals surface area contributed by atoms with Gasteiger partial charge in [0.25, 0.3) is 0 Å². The number of rotatable bonds is 3. The third kappa shape index (κ3) is 2.37. The lowest BCUT2D eigenvalue weighted by Gasteiger charge is -2.47. The molecule has 4 rings (SSSR count). The number of hydrogen-bond donors (Lipinski definition) is 0. The molecule has 1 spiro atoms. The van der Waals surface area contributed by atoms with Crippen LogP contribution in [-0.2, 0) is 23.7 Å². The zero-order valence-electron chi connectivity index (χ0n) is 14.1. The summed E-state index contributed by atoms with van der Waals surface area (Å²) in [5.41, 5.74) is -0.162. The highest BCUT2D eigenvalue weighted by molar-refractivity contribution is 5.89. The molecule has 2 heterocycles. The largest absolute Gasteiger partial charge is 0.456 e. The molecule has 0 bridgehead atoms. The average Bonchev–Trinajstić information content (AvgIpc) is 3.04. The van der Waals surface area contributed by atoms with Gasteiger partial charge in [0.15, 0.2) is 12.1 Å². The van der Waals surface area contributed by atoms with E-state index in [0.29, 0.717) is 5.56 Å². The number of carbonyl (C=O) groups excluding carboxylic acids is 1. The Labute approximate surface area is 141 Å². The molecular formula is C18H22O6. The number of esters is 1. The Balaban J connectivity index is 1.54. The van der Waals surface area contributed by atoms with Crippen molar-refractivity contribution in [1.82, 2.24) is 0 Å². The second-order valence-corrected chi connectivity index (χ2v) is 7.00. The first-order chi connectivity index (χ1) is 11.5. The molecule has 0 N–H and O–H groups in total. The van der Waals surface area contributed by atoms with E-state index in [0.717, 1.165) is 12.8 Å². The van der Waals surface area contributed by atoms with Gasteiger partial charge in [0.05, 0.1) is 5.56 Å². The van der Waals surface area contributed by atoms with Crippen LogP contribution in [0, 0.1) is 0 Å². The molecule has 6 nitrogen and oxygen atoms in total. The molecule has 5 atom stereocenters. The summed E-state index contributed by atoms with van der Waals surface area (Å²) in [4.78, 5) is 12.4. The second-order valence-electron chi connectivity index (χ2n) is 7.00. The summed E-state index contributed by atoms with van der Waals surface area (Å²) >= 11 is 0. The first-order valence-electron chi connectivity index (χ1n) is 8.27. The molecule has 0 aromatic heterocycles. The highest BCUT2D eigenvalue weighted by atomic mass is 16.8. The van der Waals surface area contributed by atoms with Gasteiger partial charge in [-0.1, -0.05) is 18.2 Å². The van der Waals surface area contributed by atoms with Crippen LogP contribution in [-0.4, -0.2) is 49.1 Å². The minimum absolute atomic E-state index is 0.306. The van der Waals surface area contributed by atoms with Crippen molar-refractivity contribution in [3.05, 3.63) is 35.9 Å². The fraction of sp³-hybridized carbons (Fsp3) is 0.611. The lowest BCUT2D eigenvalue weighted by molar-refractivity contribution is -0.288. The van der Waals surface area contributed by atoms with Crippen molar-refractivity contribution in [2.45, 2.75) is 62.7 Å². The van der Waals surface area contributed by atoms with Crippen molar-refractivity contribution in [3.63, 3.8) is 0 Å². The highest BCUT2D eigenvalue weighted by Gasteiger charge is 2.70. The summed E-state index contributed by atoms with van der Waals surface area (Å²) < 4.78 is 29.2. The molecule has 2 aliphatic heterocycles. The summed E-state index contributed by atoms with van der Waals surface area (Å²) in [7, 11) is 1.58. The van der Waals surface area contributed by atoms with Gasteiger partial charge in [-0.15, -0.1) is 0 Å². The molecule has 24 heavy (non-hydrogen) atoms. The lowest BCUT2D eigenvalue weighted by atomic mass is 9.72. The van der Waals surface area contributed by atoms with E-state index in [9.17, 15) is 4.79 Å². The van der Waals surface area contributed by atoms with Crippen molar-refractivity contribution in [1.29, 1.82) is 0 Å². The number of ether oxygens (including phenoxy) is 5. The molecular weight excluding hydrogens is 312 g/mol. The van der Waals surface area contributed by atoms with Crippen molar-refractivity contribution in [2.75, 3.05) is 7.11 Å². The van der Waals surface area contributed by atoms with Gasteiger partial charge < -0.3 is 23.7 Å². The third-order valence-corrected chi connectivity index (χ3v) is 5.05. The van der Waals surface area contributed by atoms with E-state index in [-0.39, 0.29) is 24.3 Å². The van der Waals surface area contributed by atoms with Crippen molar-refractivity contribution < 1.29 is 28.5 Å². The van der Waals surface area contributed by atoms with Gasteiger partial charge in [0.1, 0.15) is 23.9 Å². The fourth-order valence-corrected chi connectivity index (χ4v) is 3.84. The Kier molecular flexibility index (Phi) is 3.69. The van der Waals surface area contributed by atoms with E-state index in [1.807, 2.05) is 32.0 Å². The maximum absolute atomic E-state index is 12.4. The molecule has 1 aromatic carbocycles. The zero-order valence-corrected chi connectivity index (χ0v) is 14.1. The van der Waals surface area contributed by atoms with Crippen LogP contribution in [0.5, 0.6) is 0 Å². The second kappa shape index (κ2) is 5.52. The molecule has 1 saturated carbocycles. The van der Waals surface area contributed by atoms with Gasteiger partial charge >= 0.3 is 5.97 Å². The van der Waals surface area contributed by atoms with Crippen LogP contribution in [0.4, 0.5) is 0 Å². The predicted octanol–water partition coefficient (Wildman–Crippen LogP) is 2.27. The number of hydrogen-bond acceptors (Lipinski definition) is 6. The molecule has 3 aliphatic rings. The number of methoxy groups -OCH3 is 1. The average molecular weight is 334 g/mol. The first-order valence-corrected chi connectivity index (χ1v) is 8.27. The standard InChI is InChI=1S/C18H22O6/c1-17(2)22-13-14(23-17)18(24-16(13)20-3)10-9-12(18)21-15(19)11-7-5-4-6-8-11/h4-8,12-14,16H,9-10H2,1-3H3/t12-,13+,14?,16?,18-/m1/s1. The number of benzene rings is 1. The van der Waals surface area contributed by atoms with E-state index < -0.39 is 17.7 Å². The summed E-state index contributed by atoms with van der Waals surface area (Å²) in [6.45, 7) is 3.74. The highest BCUT2D eigenvalue weighted by Crippen LogP contribution is 2.54. The Hall–Kier alpha value is -1.47. The van der Waals surface area contributed by atoms with Crippen molar-refractivity contribution in [2.24, 2.45) is 0 Å². The van der Waals surface area contributed by atoms with E-state index in [1.54, 1.807) is 19.2 Å². The lowest BCUT2D eigenvalue weighted by Crippen LogP contribution is -2.61. The Bertz CT molecular complexity index is 630. The molecule has 130 valence electrons.